The van der Waals surface area contributed by atoms with Gasteiger partial charge in [0.25, 0.3) is 0 Å². The molecule has 0 spiro atoms. The van der Waals surface area contributed by atoms with Crippen LogP contribution in [0.3, 0.4) is 0 Å². The van der Waals surface area contributed by atoms with E-state index < -0.39 is 6.10 Å². The Kier molecular flexibility index (Phi) is 8.05. The van der Waals surface area contributed by atoms with Crippen LogP contribution < -0.4 is 4.74 Å². The quantitative estimate of drug-likeness (QED) is 0.405. The minimum Gasteiger partial charge on any atom is -0.491 e. The van der Waals surface area contributed by atoms with Crippen LogP contribution in [-0.2, 0) is 17.6 Å². The molecule has 1 aromatic heterocycles. The third-order valence-corrected chi connectivity index (χ3v) is 8.20. The van der Waals surface area contributed by atoms with Crippen LogP contribution in [0.1, 0.15) is 40.5 Å². The molecule has 3 aromatic rings. The summed E-state index contributed by atoms with van der Waals surface area (Å²) in [6.45, 7) is 4.94. The number of aliphatic hydroxyl groups excluding tert-OH is 1. The highest BCUT2D eigenvalue weighted by Gasteiger charge is 2.34. The van der Waals surface area contributed by atoms with Crippen molar-refractivity contribution >= 4 is 17.2 Å². The summed E-state index contributed by atoms with van der Waals surface area (Å²) in [6, 6.07) is 20.2. The molecule has 0 unspecified atom stereocenters. The second-order valence-electron chi connectivity index (χ2n) is 10.3. The predicted octanol–water partition coefficient (Wildman–Crippen LogP) is 4.88. The summed E-state index contributed by atoms with van der Waals surface area (Å²) in [6.07, 6.45) is 3.43. The third kappa shape index (κ3) is 6.55. The number of aryl methyl sites for hydroxylation is 1. The number of carbonyl (C=O) groups excluding carboxylic acids is 1. The van der Waals surface area contributed by atoms with Crippen molar-refractivity contribution in [3.63, 3.8) is 0 Å². The van der Waals surface area contributed by atoms with Gasteiger partial charge in [0.05, 0.1) is 18.7 Å². The lowest BCUT2D eigenvalue weighted by Gasteiger charge is -2.37. The van der Waals surface area contributed by atoms with Gasteiger partial charge in [0, 0.05) is 24.5 Å². The van der Waals surface area contributed by atoms with Crippen molar-refractivity contribution in [1.29, 1.82) is 0 Å². The largest absolute Gasteiger partial charge is 0.491 e. The molecule has 190 valence electrons. The Balaban J connectivity index is 1.25. The third-order valence-electron chi connectivity index (χ3n) is 7.20. The van der Waals surface area contributed by atoms with Gasteiger partial charge in [-0.3, -0.25) is 9.69 Å². The molecule has 0 saturated heterocycles. The summed E-state index contributed by atoms with van der Waals surface area (Å²) in [7, 11) is 0. The molecule has 1 fully saturated rings. The lowest BCUT2D eigenvalue weighted by atomic mass is 10.00. The number of benzene rings is 2. The average Bonchev–Trinajstić information content (AvgIpc) is 3.55. The molecule has 0 radical (unpaired) electrons. The Bertz CT molecular complexity index is 1130. The topological polar surface area (TPSA) is 53.0 Å². The van der Waals surface area contributed by atoms with Crippen LogP contribution in [0.15, 0.2) is 66.0 Å². The summed E-state index contributed by atoms with van der Waals surface area (Å²) < 4.78 is 6.17. The van der Waals surface area contributed by atoms with Crippen LogP contribution in [-0.4, -0.2) is 59.7 Å². The van der Waals surface area contributed by atoms with Gasteiger partial charge < -0.3 is 14.7 Å². The maximum atomic E-state index is 13.7. The number of fused-ring (bicyclic) bond motifs is 1. The second kappa shape index (κ2) is 11.6. The number of carbonyl (C=O) groups is 1. The van der Waals surface area contributed by atoms with Crippen molar-refractivity contribution in [1.82, 2.24) is 9.80 Å². The summed E-state index contributed by atoms with van der Waals surface area (Å²) in [5.74, 6) is 1.60. The first-order chi connectivity index (χ1) is 17.5. The number of thiophene rings is 1. The average molecular weight is 505 g/mol. The maximum Gasteiger partial charge on any atom is 0.237 e. The summed E-state index contributed by atoms with van der Waals surface area (Å²) >= 11 is 1.77. The number of amides is 1. The zero-order valence-corrected chi connectivity index (χ0v) is 21.8. The highest BCUT2D eigenvalue weighted by molar-refractivity contribution is 7.10. The molecule has 2 heterocycles. The Morgan fingerprint density at radius 3 is 2.67 bits per heavy atom. The second-order valence-corrected chi connectivity index (χ2v) is 11.3. The van der Waals surface area contributed by atoms with Crippen LogP contribution in [0.25, 0.3) is 0 Å². The Hall–Kier alpha value is -2.67. The van der Waals surface area contributed by atoms with E-state index in [1.54, 1.807) is 11.3 Å². The van der Waals surface area contributed by atoms with Gasteiger partial charge >= 0.3 is 0 Å². The number of hydrogen-bond acceptors (Lipinski definition) is 5. The van der Waals surface area contributed by atoms with Gasteiger partial charge in [-0.2, -0.15) is 0 Å². The molecule has 0 bridgehead atoms. The lowest BCUT2D eigenvalue weighted by molar-refractivity contribution is -0.136. The SMILES string of the molecule is Cc1ccc(OC[C@@H]2c3ccsc3CCN2C(=O)CN(CC2CC2)C[C@@H](O)Cc2ccccc2)cc1. The first-order valence-electron chi connectivity index (χ1n) is 13.0. The monoisotopic (exact) mass is 504 g/mol. The molecule has 2 aromatic carbocycles. The normalized spacial score (nSPS) is 18.2. The molecule has 1 aliphatic heterocycles. The number of aliphatic hydroxyl groups is 1. The first-order valence-corrected chi connectivity index (χ1v) is 13.9. The zero-order valence-electron chi connectivity index (χ0n) is 21.0. The van der Waals surface area contributed by atoms with Crippen molar-refractivity contribution in [3.05, 3.63) is 87.6 Å². The van der Waals surface area contributed by atoms with E-state index in [0.29, 0.717) is 38.6 Å². The van der Waals surface area contributed by atoms with E-state index in [0.717, 1.165) is 24.3 Å². The molecule has 36 heavy (non-hydrogen) atoms. The van der Waals surface area contributed by atoms with E-state index in [1.165, 1.54) is 28.8 Å². The summed E-state index contributed by atoms with van der Waals surface area (Å²) in [4.78, 5) is 19.2. The minimum absolute atomic E-state index is 0.0918. The number of ether oxygens (including phenoxy) is 1. The molecule has 2 aliphatic rings. The molecule has 5 nitrogen and oxygen atoms in total. The molecule has 1 aliphatic carbocycles. The van der Waals surface area contributed by atoms with E-state index in [-0.39, 0.29) is 11.9 Å². The maximum absolute atomic E-state index is 13.7. The van der Waals surface area contributed by atoms with Crippen LogP contribution >= 0.6 is 11.3 Å². The molecule has 1 saturated carbocycles. The molecule has 1 amide bonds. The van der Waals surface area contributed by atoms with Gasteiger partial charge in [0.2, 0.25) is 5.91 Å². The van der Waals surface area contributed by atoms with Gasteiger partial charge in [-0.05, 0) is 73.2 Å². The molecular formula is C30H36N2O3S. The van der Waals surface area contributed by atoms with Crippen LogP contribution in [0.4, 0.5) is 0 Å². The highest BCUT2D eigenvalue weighted by Crippen LogP contribution is 2.34. The van der Waals surface area contributed by atoms with E-state index in [2.05, 4.69) is 23.3 Å². The van der Waals surface area contributed by atoms with Gasteiger partial charge in [-0.15, -0.1) is 11.3 Å². The molecule has 2 atom stereocenters. The van der Waals surface area contributed by atoms with Crippen molar-refractivity contribution in [2.75, 3.05) is 32.8 Å². The fraction of sp³-hybridized carbons (Fsp3) is 0.433. The van der Waals surface area contributed by atoms with Gasteiger partial charge in [-0.25, -0.2) is 0 Å². The van der Waals surface area contributed by atoms with Gasteiger partial charge in [0.1, 0.15) is 12.4 Å². The number of rotatable bonds is 11. The summed E-state index contributed by atoms with van der Waals surface area (Å²) in [5, 5.41) is 13.0. The smallest absolute Gasteiger partial charge is 0.237 e. The molecule has 6 heteroatoms. The molecule has 1 N–H and O–H groups in total. The standard InChI is InChI=1S/C30H36N2O3S/c1-22-7-11-26(12-8-22)35-21-28-27-14-16-36-29(27)13-15-32(28)30(34)20-31(18-24-9-10-24)19-25(33)17-23-5-3-2-4-6-23/h2-8,11-12,14,16,24-25,28,33H,9-10,13,15,17-21H2,1H3/t25-,28+/m0/s1. The van der Waals surface area contributed by atoms with Crippen LogP contribution in [0, 0.1) is 12.8 Å². The number of nitrogens with zero attached hydrogens (tertiary/aromatic N) is 2. The van der Waals surface area contributed by atoms with Crippen molar-refractivity contribution < 1.29 is 14.6 Å². The first kappa shape index (κ1) is 25.0. The molecular weight excluding hydrogens is 468 g/mol. The van der Waals surface area contributed by atoms with Crippen molar-refractivity contribution in [2.45, 2.75) is 44.8 Å². The predicted molar refractivity (Wildman–Crippen MR) is 144 cm³/mol. The van der Waals surface area contributed by atoms with Crippen molar-refractivity contribution in [2.24, 2.45) is 5.92 Å². The Morgan fingerprint density at radius 1 is 1.14 bits per heavy atom. The zero-order chi connectivity index (χ0) is 24.9. The van der Waals surface area contributed by atoms with E-state index in [4.69, 9.17) is 4.74 Å². The Labute approximate surface area is 218 Å². The lowest BCUT2D eigenvalue weighted by Crippen LogP contribution is -2.48. The fourth-order valence-corrected chi connectivity index (χ4v) is 6.01. The molecule has 5 rings (SSSR count). The van der Waals surface area contributed by atoms with Gasteiger partial charge in [-0.1, -0.05) is 48.0 Å². The van der Waals surface area contributed by atoms with E-state index in [9.17, 15) is 9.90 Å². The summed E-state index contributed by atoms with van der Waals surface area (Å²) in [5.41, 5.74) is 3.53. The van der Waals surface area contributed by atoms with Crippen LogP contribution in [0.2, 0.25) is 0 Å². The van der Waals surface area contributed by atoms with E-state index >= 15 is 0 Å². The fourth-order valence-electron chi connectivity index (χ4n) is 5.08. The van der Waals surface area contributed by atoms with Crippen LogP contribution in [0.5, 0.6) is 5.75 Å². The van der Waals surface area contributed by atoms with Gasteiger partial charge in [0.15, 0.2) is 0 Å². The highest BCUT2D eigenvalue weighted by atomic mass is 32.1. The van der Waals surface area contributed by atoms with Crippen molar-refractivity contribution in [3.8, 4) is 5.75 Å². The van der Waals surface area contributed by atoms with E-state index in [1.807, 2.05) is 59.5 Å². The minimum atomic E-state index is -0.496. The number of hydrogen-bond donors (Lipinski definition) is 1. The Morgan fingerprint density at radius 2 is 1.92 bits per heavy atom.